The molecule has 4 rings (SSSR count). The highest BCUT2D eigenvalue weighted by Gasteiger charge is 2.40. The van der Waals surface area contributed by atoms with Crippen LogP contribution in [0, 0.1) is 5.92 Å². The predicted octanol–water partition coefficient (Wildman–Crippen LogP) is 4.35. The fourth-order valence-electron chi connectivity index (χ4n) is 4.44. The number of aromatic nitrogens is 2. The summed E-state index contributed by atoms with van der Waals surface area (Å²) < 4.78 is 75.0. The monoisotopic (exact) mass is 525 g/mol. The standard InChI is InChI=1S/C24H26F3N3O5S/c1-14(2)35-17-5-7-18(8-6-17)36(33,34)29-12-15(3)22(13-29)30-21-10-16(24(25,26)27)4-9-19(21)20(28-30)11-23(31)32/h4-10,14-15,22H,11-13H2,1-3H3,(H,31,32)/t15-,22+/m1/s1. The van der Waals surface area contributed by atoms with Gasteiger partial charge < -0.3 is 9.84 Å². The fourth-order valence-corrected chi connectivity index (χ4v) is 6.00. The Kier molecular flexibility index (Phi) is 6.78. The van der Waals surface area contributed by atoms with E-state index in [4.69, 9.17) is 4.74 Å². The second kappa shape index (κ2) is 9.40. The van der Waals surface area contributed by atoms with Gasteiger partial charge in [-0.2, -0.15) is 22.6 Å². The third-order valence-corrected chi connectivity index (χ3v) is 7.96. The molecule has 1 aliphatic heterocycles. The molecule has 0 amide bonds. The fraction of sp³-hybridized carbons (Fsp3) is 0.417. The summed E-state index contributed by atoms with van der Waals surface area (Å²) in [6.07, 6.45) is -5.14. The number of halogens is 3. The van der Waals surface area contributed by atoms with Crippen molar-refractivity contribution >= 4 is 26.9 Å². The largest absolute Gasteiger partial charge is 0.491 e. The van der Waals surface area contributed by atoms with Gasteiger partial charge in [0.05, 0.1) is 40.2 Å². The molecule has 36 heavy (non-hydrogen) atoms. The summed E-state index contributed by atoms with van der Waals surface area (Å²) >= 11 is 0. The third-order valence-electron chi connectivity index (χ3n) is 6.12. The molecule has 0 saturated carbocycles. The van der Waals surface area contributed by atoms with Crippen LogP contribution in [0.3, 0.4) is 0 Å². The summed E-state index contributed by atoms with van der Waals surface area (Å²) in [6.45, 7) is 5.61. The molecular formula is C24H26F3N3O5S. The Hall–Kier alpha value is -3.12. The molecule has 3 aromatic rings. The number of hydrogen-bond donors (Lipinski definition) is 1. The van der Waals surface area contributed by atoms with Crippen LogP contribution in [-0.4, -0.2) is 52.8 Å². The first-order chi connectivity index (χ1) is 16.8. The molecule has 2 heterocycles. The highest BCUT2D eigenvalue weighted by molar-refractivity contribution is 7.89. The lowest BCUT2D eigenvalue weighted by Crippen LogP contribution is -2.29. The maximum atomic E-state index is 13.4. The van der Waals surface area contributed by atoms with E-state index in [2.05, 4.69) is 5.10 Å². The van der Waals surface area contributed by atoms with E-state index in [1.807, 2.05) is 13.8 Å². The van der Waals surface area contributed by atoms with Gasteiger partial charge in [0.15, 0.2) is 0 Å². The van der Waals surface area contributed by atoms with Crippen molar-refractivity contribution in [1.82, 2.24) is 14.1 Å². The van der Waals surface area contributed by atoms with Gasteiger partial charge in [0.2, 0.25) is 10.0 Å². The molecule has 0 spiro atoms. The normalized spacial score (nSPS) is 19.3. The lowest BCUT2D eigenvalue weighted by atomic mass is 10.1. The van der Waals surface area contributed by atoms with E-state index in [1.54, 1.807) is 19.1 Å². The van der Waals surface area contributed by atoms with Gasteiger partial charge in [-0.15, -0.1) is 0 Å². The number of rotatable bonds is 7. The molecule has 1 aliphatic rings. The molecule has 2 atom stereocenters. The second-order valence-electron chi connectivity index (χ2n) is 9.20. The zero-order chi connectivity index (χ0) is 26.4. The lowest BCUT2D eigenvalue weighted by molar-refractivity contribution is -0.138. The van der Waals surface area contributed by atoms with E-state index < -0.39 is 40.2 Å². The first-order valence-electron chi connectivity index (χ1n) is 11.3. The van der Waals surface area contributed by atoms with Crippen LogP contribution < -0.4 is 4.74 Å². The van der Waals surface area contributed by atoms with Gasteiger partial charge in [-0.1, -0.05) is 13.0 Å². The van der Waals surface area contributed by atoms with E-state index in [-0.39, 0.29) is 41.2 Å². The van der Waals surface area contributed by atoms with Crippen molar-refractivity contribution in [2.75, 3.05) is 13.1 Å². The van der Waals surface area contributed by atoms with Crippen molar-refractivity contribution in [2.45, 2.75) is 50.4 Å². The maximum absolute atomic E-state index is 13.4. The lowest BCUT2D eigenvalue weighted by Gasteiger charge is -2.18. The molecule has 0 unspecified atom stereocenters. The topological polar surface area (TPSA) is 102 Å². The summed E-state index contributed by atoms with van der Waals surface area (Å²) in [5.74, 6) is -0.931. The number of benzene rings is 2. The summed E-state index contributed by atoms with van der Waals surface area (Å²) in [6, 6.07) is 8.51. The van der Waals surface area contributed by atoms with E-state index in [1.165, 1.54) is 27.2 Å². The van der Waals surface area contributed by atoms with Gasteiger partial charge in [-0.05, 0) is 56.2 Å². The first-order valence-corrected chi connectivity index (χ1v) is 12.8. The van der Waals surface area contributed by atoms with E-state index in [9.17, 15) is 31.5 Å². The molecule has 194 valence electrons. The van der Waals surface area contributed by atoms with Crippen molar-refractivity contribution in [3.05, 3.63) is 53.7 Å². The molecule has 1 saturated heterocycles. The average Bonchev–Trinajstić information content (AvgIpc) is 3.33. The Morgan fingerprint density at radius 1 is 1.17 bits per heavy atom. The zero-order valence-electron chi connectivity index (χ0n) is 19.9. The quantitative estimate of drug-likeness (QED) is 0.492. The minimum atomic E-state index is -4.60. The second-order valence-corrected chi connectivity index (χ2v) is 11.1. The van der Waals surface area contributed by atoms with Crippen LogP contribution in [0.4, 0.5) is 13.2 Å². The number of carboxylic acid groups (broad SMARTS) is 1. The summed E-state index contributed by atoms with van der Waals surface area (Å²) in [5, 5.41) is 13.9. The number of fused-ring (bicyclic) bond motifs is 1. The van der Waals surface area contributed by atoms with Crippen molar-refractivity contribution in [3.63, 3.8) is 0 Å². The highest BCUT2D eigenvalue weighted by atomic mass is 32.2. The van der Waals surface area contributed by atoms with E-state index >= 15 is 0 Å². The molecule has 1 N–H and O–H groups in total. The van der Waals surface area contributed by atoms with E-state index in [0.717, 1.165) is 12.1 Å². The summed E-state index contributed by atoms with van der Waals surface area (Å²) in [7, 11) is -3.89. The number of ether oxygens (including phenoxy) is 1. The number of alkyl halides is 3. The Bertz CT molecular complexity index is 1380. The Morgan fingerprint density at radius 2 is 1.83 bits per heavy atom. The van der Waals surface area contributed by atoms with Crippen molar-refractivity contribution < 1.29 is 36.2 Å². The number of nitrogens with zero attached hydrogens (tertiary/aromatic N) is 3. The summed E-state index contributed by atoms with van der Waals surface area (Å²) in [5.41, 5.74) is -0.648. The third kappa shape index (κ3) is 5.05. The number of hydrogen-bond acceptors (Lipinski definition) is 5. The van der Waals surface area contributed by atoms with Gasteiger partial charge >= 0.3 is 12.1 Å². The van der Waals surface area contributed by atoms with Crippen LogP contribution >= 0.6 is 0 Å². The molecule has 8 nitrogen and oxygen atoms in total. The van der Waals surface area contributed by atoms with Crippen LogP contribution in [0.2, 0.25) is 0 Å². The van der Waals surface area contributed by atoms with Crippen LogP contribution in [0.5, 0.6) is 5.75 Å². The Balaban J connectivity index is 1.69. The number of carbonyl (C=O) groups is 1. The van der Waals surface area contributed by atoms with Crippen LogP contribution in [0.1, 0.15) is 38.1 Å². The van der Waals surface area contributed by atoms with Crippen molar-refractivity contribution in [1.29, 1.82) is 0 Å². The predicted molar refractivity (Wildman–Crippen MR) is 125 cm³/mol. The van der Waals surface area contributed by atoms with Gasteiger partial charge in [-0.25, -0.2) is 8.42 Å². The maximum Gasteiger partial charge on any atom is 0.416 e. The Labute approximate surface area is 206 Å². The number of aliphatic carboxylic acids is 1. The minimum Gasteiger partial charge on any atom is -0.491 e. The van der Waals surface area contributed by atoms with E-state index in [0.29, 0.717) is 11.1 Å². The van der Waals surface area contributed by atoms with Crippen molar-refractivity contribution in [2.24, 2.45) is 5.92 Å². The molecular weight excluding hydrogens is 499 g/mol. The highest BCUT2D eigenvalue weighted by Crippen LogP contribution is 2.37. The average molecular weight is 526 g/mol. The van der Waals surface area contributed by atoms with Gasteiger partial charge in [0.25, 0.3) is 0 Å². The van der Waals surface area contributed by atoms with Crippen LogP contribution in [0.15, 0.2) is 47.4 Å². The molecule has 0 radical (unpaired) electrons. The number of carboxylic acids is 1. The smallest absolute Gasteiger partial charge is 0.416 e. The number of sulfonamides is 1. The molecule has 12 heteroatoms. The zero-order valence-corrected chi connectivity index (χ0v) is 20.7. The first kappa shape index (κ1) is 26.0. The summed E-state index contributed by atoms with van der Waals surface area (Å²) in [4.78, 5) is 11.4. The molecule has 1 fully saturated rings. The van der Waals surface area contributed by atoms with Gasteiger partial charge in [0, 0.05) is 18.5 Å². The molecule has 2 aromatic carbocycles. The van der Waals surface area contributed by atoms with Crippen LogP contribution in [0.25, 0.3) is 10.9 Å². The Morgan fingerprint density at radius 3 is 2.42 bits per heavy atom. The van der Waals surface area contributed by atoms with Crippen molar-refractivity contribution in [3.8, 4) is 5.75 Å². The van der Waals surface area contributed by atoms with Gasteiger partial charge in [0.1, 0.15) is 5.75 Å². The van der Waals surface area contributed by atoms with Crippen LogP contribution in [-0.2, 0) is 27.4 Å². The molecule has 0 bridgehead atoms. The molecule has 1 aromatic heterocycles. The minimum absolute atomic E-state index is 0.0206. The van der Waals surface area contributed by atoms with Gasteiger partial charge in [-0.3, -0.25) is 9.48 Å². The SMILES string of the molecule is CC(C)Oc1ccc(S(=O)(=O)N2C[C@@H](C)[C@@H](n3nc(CC(=O)O)c4ccc(C(F)(F)F)cc43)C2)cc1. The molecule has 0 aliphatic carbocycles.